The Morgan fingerprint density at radius 1 is 1.25 bits per heavy atom. The number of para-hydroxylation sites is 1. The minimum Gasteiger partial charge on any atom is -0.352 e. The standard InChI is InChI=1S/C18H21N3O3/c1-12(22)21-8-6-13(7-9-21)17(23)19-11-15-10-14-4-2-3-5-16(14)20-18(15)24/h2-5,10,13H,6-9,11H2,1H3,(H,19,23)(H,20,24). The monoisotopic (exact) mass is 327 g/mol. The van der Waals surface area contributed by atoms with Crippen molar-refractivity contribution < 1.29 is 9.59 Å². The van der Waals surface area contributed by atoms with E-state index < -0.39 is 0 Å². The van der Waals surface area contributed by atoms with E-state index in [1.807, 2.05) is 30.3 Å². The summed E-state index contributed by atoms with van der Waals surface area (Å²) in [6.07, 6.45) is 1.33. The molecule has 0 aliphatic carbocycles. The molecule has 6 nitrogen and oxygen atoms in total. The van der Waals surface area contributed by atoms with Crippen LogP contribution in [-0.2, 0) is 16.1 Å². The molecule has 1 aromatic carbocycles. The summed E-state index contributed by atoms with van der Waals surface area (Å²) in [6.45, 7) is 2.99. The Morgan fingerprint density at radius 2 is 1.96 bits per heavy atom. The highest BCUT2D eigenvalue weighted by molar-refractivity contribution is 5.80. The molecule has 0 radical (unpaired) electrons. The molecule has 0 bridgehead atoms. The summed E-state index contributed by atoms with van der Waals surface area (Å²) in [5.74, 6) is -0.0949. The molecular formula is C18H21N3O3. The van der Waals surface area contributed by atoms with Crippen molar-refractivity contribution in [2.45, 2.75) is 26.3 Å². The van der Waals surface area contributed by atoms with Gasteiger partial charge < -0.3 is 15.2 Å². The van der Waals surface area contributed by atoms with Crippen LogP contribution in [0.2, 0.25) is 0 Å². The molecule has 2 N–H and O–H groups in total. The van der Waals surface area contributed by atoms with Crippen molar-refractivity contribution in [2.24, 2.45) is 5.92 Å². The van der Waals surface area contributed by atoms with Gasteiger partial charge in [0.2, 0.25) is 11.8 Å². The van der Waals surface area contributed by atoms with Crippen molar-refractivity contribution in [2.75, 3.05) is 13.1 Å². The summed E-state index contributed by atoms with van der Waals surface area (Å²) in [6, 6.07) is 9.36. The van der Waals surface area contributed by atoms with Gasteiger partial charge in [-0.1, -0.05) is 18.2 Å². The van der Waals surface area contributed by atoms with E-state index in [1.165, 1.54) is 0 Å². The number of carbonyl (C=O) groups excluding carboxylic acids is 2. The van der Waals surface area contributed by atoms with E-state index in [4.69, 9.17) is 0 Å². The molecule has 2 amide bonds. The highest BCUT2D eigenvalue weighted by Crippen LogP contribution is 2.17. The SMILES string of the molecule is CC(=O)N1CCC(C(=O)NCc2cc3ccccc3[nH]c2=O)CC1. The largest absolute Gasteiger partial charge is 0.352 e. The van der Waals surface area contributed by atoms with Crippen LogP contribution < -0.4 is 10.9 Å². The van der Waals surface area contributed by atoms with Gasteiger partial charge >= 0.3 is 0 Å². The molecule has 0 spiro atoms. The fourth-order valence-electron chi connectivity index (χ4n) is 3.11. The summed E-state index contributed by atoms with van der Waals surface area (Å²) in [4.78, 5) is 40.3. The maximum absolute atomic E-state index is 12.3. The van der Waals surface area contributed by atoms with Crippen LogP contribution in [0.15, 0.2) is 35.1 Å². The summed E-state index contributed by atoms with van der Waals surface area (Å²) in [7, 11) is 0. The first-order valence-electron chi connectivity index (χ1n) is 8.19. The van der Waals surface area contributed by atoms with Crippen molar-refractivity contribution in [1.29, 1.82) is 0 Å². The van der Waals surface area contributed by atoms with Crippen LogP contribution in [0, 0.1) is 5.92 Å². The molecular weight excluding hydrogens is 306 g/mol. The number of pyridine rings is 1. The first kappa shape index (κ1) is 16.2. The van der Waals surface area contributed by atoms with Crippen molar-refractivity contribution in [1.82, 2.24) is 15.2 Å². The Morgan fingerprint density at radius 3 is 2.67 bits per heavy atom. The number of H-pyrrole nitrogens is 1. The third kappa shape index (κ3) is 3.48. The average Bonchev–Trinajstić information content (AvgIpc) is 2.59. The van der Waals surface area contributed by atoms with Gasteiger partial charge in [0, 0.05) is 43.6 Å². The molecule has 1 saturated heterocycles. The minimum absolute atomic E-state index is 0.0502. The van der Waals surface area contributed by atoms with Gasteiger partial charge in [-0.15, -0.1) is 0 Å². The van der Waals surface area contributed by atoms with Gasteiger partial charge in [0.15, 0.2) is 0 Å². The fourth-order valence-corrected chi connectivity index (χ4v) is 3.11. The summed E-state index contributed by atoms with van der Waals surface area (Å²) in [5.41, 5.74) is 1.15. The zero-order chi connectivity index (χ0) is 17.1. The zero-order valence-corrected chi connectivity index (χ0v) is 13.7. The molecule has 24 heavy (non-hydrogen) atoms. The van der Waals surface area contributed by atoms with Gasteiger partial charge in [-0.2, -0.15) is 0 Å². The molecule has 1 aromatic heterocycles. The van der Waals surface area contributed by atoms with E-state index in [0.29, 0.717) is 31.5 Å². The molecule has 2 heterocycles. The number of rotatable bonds is 3. The maximum Gasteiger partial charge on any atom is 0.253 e. The van der Waals surface area contributed by atoms with E-state index in [9.17, 15) is 14.4 Å². The average molecular weight is 327 g/mol. The Hall–Kier alpha value is -2.63. The molecule has 0 saturated carbocycles. The summed E-state index contributed by atoms with van der Waals surface area (Å²) < 4.78 is 0. The Labute approximate surface area is 139 Å². The molecule has 126 valence electrons. The lowest BCUT2D eigenvalue weighted by Gasteiger charge is -2.30. The number of carbonyl (C=O) groups is 2. The quantitative estimate of drug-likeness (QED) is 0.894. The van der Waals surface area contributed by atoms with Gasteiger partial charge in [0.05, 0.1) is 0 Å². The van der Waals surface area contributed by atoms with Crippen molar-refractivity contribution in [3.05, 3.63) is 46.2 Å². The van der Waals surface area contributed by atoms with Crippen LogP contribution in [0.4, 0.5) is 0 Å². The predicted octanol–water partition coefficient (Wildman–Crippen LogP) is 1.40. The molecule has 0 unspecified atom stereocenters. The number of aromatic amines is 1. The predicted molar refractivity (Wildman–Crippen MR) is 91.4 cm³/mol. The Bertz CT molecular complexity index is 820. The van der Waals surface area contributed by atoms with E-state index in [-0.39, 0.29) is 29.8 Å². The molecule has 1 aliphatic rings. The van der Waals surface area contributed by atoms with Crippen LogP contribution in [0.3, 0.4) is 0 Å². The highest BCUT2D eigenvalue weighted by atomic mass is 16.2. The lowest BCUT2D eigenvalue weighted by Crippen LogP contribution is -2.42. The topological polar surface area (TPSA) is 82.3 Å². The van der Waals surface area contributed by atoms with Gasteiger partial charge in [0.1, 0.15) is 0 Å². The minimum atomic E-state index is -0.180. The number of nitrogens with zero attached hydrogens (tertiary/aromatic N) is 1. The van der Waals surface area contributed by atoms with E-state index in [2.05, 4.69) is 10.3 Å². The number of hydrogen-bond donors (Lipinski definition) is 2. The molecule has 1 aliphatic heterocycles. The Balaban J connectivity index is 1.62. The molecule has 0 atom stereocenters. The number of amides is 2. The lowest BCUT2D eigenvalue weighted by molar-refractivity contribution is -0.134. The second-order valence-corrected chi connectivity index (χ2v) is 6.21. The Kier molecular flexibility index (Phi) is 4.64. The normalized spacial score (nSPS) is 15.5. The number of nitrogens with one attached hydrogen (secondary N) is 2. The maximum atomic E-state index is 12.3. The zero-order valence-electron chi connectivity index (χ0n) is 13.7. The number of aromatic nitrogens is 1. The summed E-state index contributed by atoms with van der Waals surface area (Å²) in [5, 5.41) is 3.80. The number of fused-ring (bicyclic) bond motifs is 1. The van der Waals surface area contributed by atoms with Crippen LogP contribution >= 0.6 is 0 Å². The van der Waals surface area contributed by atoms with Crippen LogP contribution in [-0.4, -0.2) is 34.8 Å². The number of likely N-dealkylation sites (tertiary alicyclic amines) is 1. The second kappa shape index (κ2) is 6.86. The molecule has 3 rings (SSSR count). The van der Waals surface area contributed by atoms with E-state index in [1.54, 1.807) is 11.8 Å². The third-order valence-electron chi connectivity index (χ3n) is 4.59. The van der Waals surface area contributed by atoms with Crippen molar-refractivity contribution >= 4 is 22.7 Å². The fraction of sp³-hybridized carbons (Fsp3) is 0.389. The molecule has 2 aromatic rings. The molecule has 1 fully saturated rings. The first-order chi connectivity index (χ1) is 11.5. The smallest absolute Gasteiger partial charge is 0.253 e. The lowest BCUT2D eigenvalue weighted by atomic mass is 9.96. The summed E-state index contributed by atoms with van der Waals surface area (Å²) >= 11 is 0. The van der Waals surface area contributed by atoms with Crippen LogP contribution in [0.5, 0.6) is 0 Å². The van der Waals surface area contributed by atoms with Crippen LogP contribution in [0.25, 0.3) is 10.9 Å². The van der Waals surface area contributed by atoms with Gasteiger partial charge in [-0.25, -0.2) is 0 Å². The van der Waals surface area contributed by atoms with Gasteiger partial charge in [-0.3, -0.25) is 14.4 Å². The van der Waals surface area contributed by atoms with Crippen molar-refractivity contribution in [3.8, 4) is 0 Å². The van der Waals surface area contributed by atoms with E-state index in [0.717, 1.165) is 10.9 Å². The van der Waals surface area contributed by atoms with Gasteiger partial charge in [0.25, 0.3) is 5.56 Å². The van der Waals surface area contributed by atoms with Gasteiger partial charge in [-0.05, 0) is 30.4 Å². The number of hydrogen-bond acceptors (Lipinski definition) is 3. The first-order valence-corrected chi connectivity index (χ1v) is 8.19. The van der Waals surface area contributed by atoms with E-state index >= 15 is 0 Å². The highest BCUT2D eigenvalue weighted by Gasteiger charge is 2.25. The number of piperidine rings is 1. The third-order valence-corrected chi connectivity index (χ3v) is 4.59. The van der Waals surface area contributed by atoms with Crippen LogP contribution in [0.1, 0.15) is 25.3 Å². The van der Waals surface area contributed by atoms with Crippen molar-refractivity contribution in [3.63, 3.8) is 0 Å². The molecule has 6 heteroatoms. The second-order valence-electron chi connectivity index (χ2n) is 6.21. The number of benzene rings is 1.